The number of nitrogens with zero attached hydrogens (tertiary/aromatic N) is 1. The zero-order valence-electron chi connectivity index (χ0n) is 21.5. The Kier molecular flexibility index (Phi) is 8.64. The normalized spacial score (nSPS) is 12.5. The van der Waals surface area contributed by atoms with Crippen LogP contribution in [0.1, 0.15) is 21.5 Å². The van der Waals surface area contributed by atoms with E-state index in [1.54, 1.807) is 66.7 Å². The second-order valence-corrected chi connectivity index (χ2v) is 10.6. The number of para-hydroxylation sites is 1. The number of rotatable bonds is 8. The van der Waals surface area contributed by atoms with E-state index >= 15 is 0 Å². The van der Waals surface area contributed by atoms with E-state index in [0.717, 1.165) is 17.0 Å². The highest BCUT2D eigenvalue weighted by Gasteiger charge is 2.24. The number of anilines is 2. The molecule has 0 aromatic heterocycles. The van der Waals surface area contributed by atoms with Gasteiger partial charge in [-0.3, -0.25) is 14.4 Å². The van der Waals surface area contributed by atoms with Crippen LogP contribution in [-0.2, 0) is 16.0 Å². The van der Waals surface area contributed by atoms with Crippen molar-refractivity contribution in [1.82, 2.24) is 5.32 Å². The van der Waals surface area contributed by atoms with Crippen molar-refractivity contribution in [3.05, 3.63) is 131 Å². The number of amides is 3. The monoisotopic (exact) mass is 567 g/mol. The first-order valence-corrected chi connectivity index (χ1v) is 14.1. The largest absolute Gasteiger partial charge is 0.321 e. The van der Waals surface area contributed by atoms with Crippen LogP contribution in [0.3, 0.4) is 0 Å². The summed E-state index contributed by atoms with van der Waals surface area (Å²) in [5.74, 6) is -0.606. The average Bonchev–Trinajstić information content (AvgIpc) is 3.42. The van der Waals surface area contributed by atoms with E-state index in [4.69, 9.17) is 11.6 Å². The molecule has 0 unspecified atom stereocenters. The van der Waals surface area contributed by atoms with Gasteiger partial charge in [-0.1, -0.05) is 72.3 Å². The summed E-state index contributed by atoms with van der Waals surface area (Å²) in [6.07, 6.45) is 2.41. The summed E-state index contributed by atoms with van der Waals surface area (Å²) in [5, 5.41) is 6.03. The van der Waals surface area contributed by atoms with Gasteiger partial charge in [0.05, 0.1) is 5.75 Å². The first kappa shape index (κ1) is 27.2. The third-order valence-corrected chi connectivity index (χ3v) is 7.70. The highest BCUT2D eigenvalue weighted by Crippen LogP contribution is 2.29. The van der Waals surface area contributed by atoms with Gasteiger partial charge in [0.15, 0.2) is 0 Å². The van der Waals surface area contributed by atoms with Gasteiger partial charge in [-0.25, -0.2) is 0 Å². The van der Waals surface area contributed by atoms with Crippen molar-refractivity contribution in [1.29, 1.82) is 0 Å². The lowest BCUT2D eigenvalue weighted by Gasteiger charge is -2.17. The van der Waals surface area contributed by atoms with Gasteiger partial charge in [0.2, 0.25) is 5.91 Å². The predicted molar refractivity (Wildman–Crippen MR) is 162 cm³/mol. The van der Waals surface area contributed by atoms with Gasteiger partial charge in [-0.05, 0) is 66.1 Å². The zero-order valence-corrected chi connectivity index (χ0v) is 23.0. The van der Waals surface area contributed by atoms with Gasteiger partial charge in [-0.15, -0.1) is 11.8 Å². The van der Waals surface area contributed by atoms with Crippen molar-refractivity contribution in [2.24, 2.45) is 0 Å². The topological polar surface area (TPSA) is 78.5 Å². The van der Waals surface area contributed by atoms with Gasteiger partial charge in [0, 0.05) is 33.4 Å². The van der Waals surface area contributed by atoms with Crippen LogP contribution in [-0.4, -0.2) is 30.0 Å². The maximum absolute atomic E-state index is 13.4. The molecule has 0 saturated heterocycles. The molecule has 0 fully saturated rings. The molecule has 0 bridgehead atoms. The molecule has 0 aliphatic carbocycles. The Morgan fingerprint density at radius 3 is 2.45 bits per heavy atom. The third-order valence-electron chi connectivity index (χ3n) is 6.38. The minimum absolute atomic E-state index is 0.0398. The number of halogens is 1. The molecule has 1 aliphatic heterocycles. The van der Waals surface area contributed by atoms with Gasteiger partial charge in [0.25, 0.3) is 11.8 Å². The molecule has 4 aromatic rings. The molecule has 4 aromatic carbocycles. The van der Waals surface area contributed by atoms with Crippen LogP contribution in [0.15, 0.2) is 114 Å². The SMILES string of the molecule is O=C(Nc1cccc(SCC(=O)N2CCc3ccccc32)c1)/C(=C/c1ccccc1Cl)NC(=O)c1ccccc1. The number of thioether (sulfide) groups is 1. The van der Waals surface area contributed by atoms with Crippen molar-refractivity contribution < 1.29 is 14.4 Å². The highest BCUT2D eigenvalue weighted by atomic mass is 35.5. The fourth-order valence-corrected chi connectivity index (χ4v) is 5.39. The summed E-state index contributed by atoms with van der Waals surface area (Å²) < 4.78 is 0. The Hall–Kier alpha value is -4.33. The standard InChI is InChI=1S/C32H26ClN3O3S/c33-27-15-6-4-12-24(27)19-28(35-31(38)23-10-2-1-3-11-23)32(39)34-25-13-8-14-26(20-25)40-21-30(37)36-18-17-22-9-5-7-16-29(22)36/h1-16,19-20H,17-18,21H2,(H,34,39)(H,35,38)/b28-19-. The molecular weight excluding hydrogens is 542 g/mol. The molecule has 5 rings (SSSR count). The summed E-state index contributed by atoms with van der Waals surface area (Å²) in [4.78, 5) is 41.8. The second kappa shape index (κ2) is 12.7. The molecule has 200 valence electrons. The number of benzene rings is 4. The lowest BCUT2D eigenvalue weighted by atomic mass is 10.1. The summed E-state index contributed by atoms with van der Waals surface area (Å²) in [6.45, 7) is 0.685. The van der Waals surface area contributed by atoms with Crippen LogP contribution in [0, 0.1) is 0 Å². The first-order chi connectivity index (χ1) is 19.5. The fraction of sp³-hybridized carbons (Fsp3) is 0.0938. The quantitative estimate of drug-likeness (QED) is 0.190. The van der Waals surface area contributed by atoms with Gasteiger partial charge < -0.3 is 15.5 Å². The summed E-state index contributed by atoms with van der Waals surface area (Å²) in [6, 6.07) is 31.0. The molecule has 0 saturated carbocycles. The van der Waals surface area contributed by atoms with E-state index in [2.05, 4.69) is 16.7 Å². The maximum Gasteiger partial charge on any atom is 0.272 e. The van der Waals surface area contributed by atoms with Crippen LogP contribution in [0.25, 0.3) is 6.08 Å². The van der Waals surface area contributed by atoms with Crippen molar-refractivity contribution in [2.75, 3.05) is 22.5 Å². The maximum atomic E-state index is 13.4. The molecule has 0 spiro atoms. The molecule has 1 aliphatic rings. The minimum Gasteiger partial charge on any atom is -0.321 e. The zero-order chi connectivity index (χ0) is 27.9. The Balaban J connectivity index is 1.29. The van der Waals surface area contributed by atoms with Gasteiger partial charge in [0.1, 0.15) is 5.70 Å². The van der Waals surface area contributed by atoms with E-state index in [9.17, 15) is 14.4 Å². The fourth-order valence-electron chi connectivity index (χ4n) is 4.37. The molecule has 40 heavy (non-hydrogen) atoms. The Morgan fingerprint density at radius 1 is 0.875 bits per heavy atom. The Bertz CT molecular complexity index is 1590. The van der Waals surface area contributed by atoms with Crippen LogP contribution >= 0.6 is 23.4 Å². The minimum atomic E-state index is -0.504. The van der Waals surface area contributed by atoms with E-state index in [0.29, 0.717) is 28.4 Å². The van der Waals surface area contributed by atoms with Crippen LogP contribution in [0.2, 0.25) is 5.02 Å². The number of hydrogen-bond acceptors (Lipinski definition) is 4. The highest BCUT2D eigenvalue weighted by molar-refractivity contribution is 8.00. The summed E-state index contributed by atoms with van der Waals surface area (Å²) in [5.41, 5.74) is 3.75. The number of carbonyl (C=O) groups excluding carboxylic acids is 3. The first-order valence-electron chi connectivity index (χ1n) is 12.7. The van der Waals surface area contributed by atoms with Crippen LogP contribution in [0.5, 0.6) is 0 Å². The number of carbonyl (C=O) groups is 3. The second-order valence-electron chi connectivity index (χ2n) is 9.09. The van der Waals surface area contributed by atoms with Crippen molar-refractivity contribution in [2.45, 2.75) is 11.3 Å². The molecule has 3 amide bonds. The molecule has 1 heterocycles. The van der Waals surface area contributed by atoms with E-state index in [1.807, 2.05) is 41.3 Å². The molecule has 8 heteroatoms. The van der Waals surface area contributed by atoms with Gasteiger partial charge >= 0.3 is 0 Å². The smallest absolute Gasteiger partial charge is 0.272 e. The lowest BCUT2D eigenvalue weighted by molar-refractivity contribution is -0.116. The van der Waals surface area contributed by atoms with E-state index in [-0.39, 0.29) is 17.4 Å². The number of fused-ring (bicyclic) bond motifs is 1. The van der Waals surface area contributed by atoms with Gasteiger partial charge in [-0.2, -0.15) is 0 Å². The predicted octanol–water partition coefficient (Wildman–Crippen LogP) is 6.43. The third kappa shape index (κ3) is 6.62. The van der Waals surface area contributed by atoms with E-state index < -0.39 is 11.8 Å². The number of hydrogen-bond donors (Lipinski definition) is 2. The Labute approximate surface area is 242 Å². The van der Waals surface area contributed by atoms with Crippen molar-refractivity contribution in [3.8, 4) is 0 Å². The summed E-state index contributed by atoms with van der Waals surface area (Å²) in [7, 11) is 0. The Morgan fingerprint density at radius 2 is 1.62 bits per heavy atom. The van der Waals surface area contributed by atoms with Crippen molar-refractivity contribution in [3.63, 3.8) is 0 Å². The van der Waals surface area contributed by atoms with Crippen LogP contribution < -0.4 is 15.5 Å². The number of nitrogens with one attached hydrogen (secondary N) is 2. The van der Waals surface area contributed by atoms with Crippen molar-refractivity contribution >= 4 is 58.5 Å². The lowest BCUT2D eigenvalue weighted by Crippen LogP contribution is -2.30. The summed E-state index contributed by atoms with van der Waals surface area (Å²) >= 11 is 7.73. The molecule has 2 N–H and O–H groups in total. The molecule has 0 radical (unpaired) electrons. The van der Waals surface area contributed by atoms with E-state index in [1.165, 1.54) is 17.3 Å². The molecule has 6 nitrogen and oxygen atoms in total. The van der Waals surface area contributed by atoms with Crippen LogP contribution in [0.4, 0.5) is 11.4 Å². The average molecular weight is 568 g/mol. The molecule has 0 atom stereocenters. The molecular formula is C32H26ClN3O3S.